The topological polar surface area (TPSA) is 29.3 Å². The number of nitrogens with zero attached hydrogens (tertiary/aromatic N) is 1. The van der Waals surface area contributed by atoms with Crippen LogP contribution >= 0.6 is 0 Å². The van der Waals surface area contributed by atoms with Crippen LogP contribution in [-0.2, 0) is 0 Å². The quantitative estimate of drug-likeness (QED) is 0.798. The molecule has 2 aliphatic carbocycles. The second-order valence-electron chi connectivity index (χ2n) is 6.82. The summed E-state index contributed by atoms with van der Waals surface area (Å²) in [5.41, 5.74) is 6.92. The minimum absolute atomic E-state index is 0.298. The second kappa shape index (κ2) is 4.30. The van der Waals surface area contributed by atoms with Gasteiger partial charge in [0.15, 0.2) is 0 Å². The molecule has 0 amide bonds. The Bertz CT molecular complexity index is 245. The molecule has 0 saturated heterocycles. The van der Waals surface area contributed by atoms with Gasteiger partial charge < -0.3 is 5.73 Å². The van der Waals surface area contributed by atoms with Crippen LogP contribution in [-0.4, -0.2) is 30.1 Å². The van der Waals surface area contributed by atoms with Crippen molar-refractivity contribution in [3.63, 3.8) is 0 Å². The van der Waals surface area contributed by atoms with Gasteiger partial charge >= 0.3 is 0 Å². The van der Waals surface area contributed by atoms with Crippen molar-refractivity contribution in [1.29, 1.82) is 0 Å². The van der Waals surface area contributed by atoms with Crippen LogP contribution in [0.4, 0.5) is 0 Å². The van der Waals surface area contributed by atoms with E-state index in [1.807, 2.05) is 0 Å². The average Bonchev–Trinajstić information content (AvgIpc) is 2.13. The molecule has 0 aromatic carbocycles. The van der Waals surface area contributed by atoms with Crippen LogP contribution in [0.25, 0.3) is 0 Å². The number of rotatable bonds is 3. The zero-order valence-electron chi connectivity index (χ0n) is 11.3. The van der Waals surface area contributed by atoms with Crippen molar-refractivity contribution in [3.8, 4) is 0 Å². The van der Waals surface area contributed by atoms with Gasteiger partial charge in [0.1, 0.15) is 0 Å². The van der Waals surface area contributed by atoms with Crippen molar-refractivity contribution in [2.24, 2.45) is 11.1 Å². The van der Waals surface area contributed by atoms with Gasteiger partial charge in [0.2, 0.25) is 0 Å². The minimum atomic E-state index is 0.298. The first kappa shape index (κ1) is 12.4. The molecular weight excluding hydrogens is 196 g/mol. The molecule has 2 nitrogen and oxygen atoms in total. The van der Waals surface area contributed by atoms with Crippen molar-refractivity contribution in [1.82, 2.24) is 4.90 Å². The molecule has 94 valence electrons. The van der Waals surface area contributed by atoms with Gasteiger partial charge in [0.25, 0.3) is 0 Å². The molecule has 2 N–H and O–H groups in total. The maximum absolute atomic E-state index is 6.14. The molecule has 2 rings (SSSR count). The van der Waals surface area contributed by atoms with E-state index in [4.69, 9.17) is 5.73 Å². The molecule has 1 atom stereocenters. The smallest absolute Gasteiger partial charge is 0.0336 e. The van der Waals surface area contributed by atoms with E-state index in [-0.39, 0.29) is 0 Å². The fraction of sp³-hybridized carbons (Fsp3) is 1.00. The van der Waals surface area contributed by atoms with Crippen LogP contribution in [0.3, 0.4) is 0 Å². The number of nitrogens with two attached hydrogens (primary N) is 1. The molecule has 16 heavy (non-hydrogen) atoms. The Morgan fingerprint density at radius 2 is 1.88 bits per heavy atom. The molecule has 0 bridgehead atoms. The molecular formula is C14H28N2. The summed E-state index contributed by atoms with van der Waals surface area (Å²) in [6, 6.07) is 0.817. The third kappa shape index (κ3) is 2.14. The summed E-state index contributed by atoms with van der Waals surface area (Å²) < 4.78 is 0. The predicted molar refractivity (Wildman–Crippen MR) is 69.4 cm³/mol. The molecule has 0 aliphatic heterocycles. The fourth-order valence-electron chi connectivity index (χ4n) is 3.74. The van der Waals surface area contributed by atoms with Crippen LogP contribution < -0.4 is 5.73 Å². The normalized spacial score (nSPS) is 35.1. The van der Waals surface area contributed by atoms with Crippen molar-refractivity contribution in [2.45, 2.75) is 70.4 Å². The highest BCUT2D eigenvalue weighted by molar-refractivity contribution is 5.01. The Morgan fingerprint density at radius 3 is 2.31 bits per heavy atom. The van der Waals surface area contributed by atoms with E-state index in [1.54, 1.807) is 0 Å². The van der Waals surface area contributed by atoms with Crippen LogP contribution in [0, 0.1) is 5.41 Å². The van der Waals surface area contributed by atoms with Crippen LogP contribution in [0.15, 0.2) is 0 Å². The number of hydrogen-bond acceptors (Lipinski definition) is 2. The highest BCUT2D eigenvalue weighted by Crippen LogP contribution is 2.45. The van der Waals surface area contributed by atoms with Crippen LogP contribution in [0.5, 0.6) is 0 Å². The first-order valence-electron chi connectivity index (χ1n) is 6.92. The Morgan fingerprint density at radius 1 is 1.19 bits per heavy atom. The molecule has 2 aliphatic rings. The summed E-state index contributed by atoms with van der Waals surface area (Å²) in [6.07, 6.45) is 9.49. The third-order valence-electron chi connectivity index (χ3n) is 5.05. The van der Waals surface area contributed by atoms with Gasteiger partial charge in [-0.2, -0.15) is 0 Å². The Hall–Kier alpha value is -0.0800. The maximum atomic E-state index is 6.14. The average molecular weight is 224 g/mol. The zero-order valence-corrected chi connectivity index (χ0v) is 11.3. The van der Waals surface area contributed by atoms with Gasteiger partial charge in [0, 0.05) is 18.1 Å². The van der Waals surface area contributed by atoms with Gasteiger partial charge in [-0.1, -0.05) is 26.7 Å². The molecule has 0 aromatic rings. The van der Waals surface area contributed by atoms with E-state index >= 15 is 0 Å². The molecule has 0 aromatic heterocycles. The third-order valence-corrected chi connectivity index (χ3v) is 5.05. The van der Waals surface area contributed by atoms with Gasteiger partial charge in [-0.05, 0) is 44.6 Å². The van der Waals surface area contributed by atoms with Crippen molar-refractivity contribution < 1.29 is 0 Å². The van der Waals surface area contributed by atoms with Gasteiger partial charge in [0.05, 0.1) is 0 Å². The Balaban J connectivity index is 2.10. The summed E-state index contributed by atoms with van der Waals surface area (Å²) >= 11 is 0. The number of likely N-dealkylation sites (N-methyl/N-ethyl adjacent to an activating group) is 1. The van der Waals surface area contributed by atoms with Crippen LogP contribution in [0.2, 0.25) is 0 Å². The molecule has 0 spiro atoms. The SMILES string of the molecule is CN(C1CCC1)C1(CN)CCCC(C)(C)C1. The van der Waals surface area contributed by atoms with E-state index in [0.29, 0.717) is 11.0 Å². The molecule has 0 radical (unpaired) electrons. The summed E-state index contributed by atoms with van der Waals surface area (Å²) in [4.78, 5) is 2.64. The molecule has 1 unspecified atom stereocenters. The lowest BCUT2D eigenvalue weighted by Crippen LogP contribution is -2.60. The van der Waals surface area contributed by atoms with E-state index < -0.39 is 0 Å². The van der Waals surface area contributed by atoms with Gasteiger partial charge in [-0.25, -0.2) is 0 Å². The van der Waals surface area contributed by atoms with E-state index in [0.717, 1.165) is 12.6 Å². The summed E-state index contributed by atoms with van der Waals surface area (Å²) in [6.45, 7) is 5.65. The standard InChI is InChI=1S/C14H28N2/c1-13(2)8-5-9-14(10-13,11-15)16(3)12-6-4-7-12/h12H,4-11,15H2,1-3H3. The lowest BCUT2D eigenvalue weighted by atomic mass is 9.66. The first-order valence-corrected chi connectivity index (χ1v) is 6.92. The van der Waals surface area contributed by atoms with E-state index in [2.05, 4.69) is 25.8 Å². The Labute approximate surface area is 101 Å². The van der Waals surface area contributed by atoms with Crippen molar-refractivity contribution in [3.05, 3.63) is 0 Å². The summed E-state index contributed by atoms with van der Waals surface area (Å²) in [5, 5.41) is 0. The van der Waals surface area contributed by atoms with Gasteiger partial charge in [-0.3, -0.25) is 4.90 Å². The first-order chi connectivity index (χ1) is 7.49. The fourth-order valence-corrected chi connectivity index (χ4v) is 3.74. The second-order valence-corrected chi connectivity index (χ2v) is 6.82. The molecule has 2 fully saturated rings. The summed E-state index contributed by atoms with van der Waals surface area (Å²) in [5.74, 6) is 0. The van der Waals surface area contributed by atoms with Crippen molar-refractivity contribution >= 4 is 0 Å². The van der Waals surface area contributed by atoms with Crippen molar-refractivity contribution in [2.75, 3.05) is 13.6 Å². The minimum Gasteiger partial charge on any atom is -0.329 e. The monoisotopic (exact) mass is 224 g/mol. The highest BCUT2D eigenvalue weighted by Gasteiger charge is 2.44. The Kier molecular flexibility index (Phi) is 3.33. The van der Waals surface area contributed by atoms with Crippen LogP contribution in [0.1, 0.15) is 58.8 Å². The molecule has 2 heteroatoms. The molecule has 0 heterocycles. The van der Waals surface area contributed by atoms with Gasteiger partial charge in [-0.15, -0.1) is 0 Å². The zero-order chi connectivity index (χ0) is 11.8. The largest absolute Gasteiger partial charge is 0.329 e. The predicted octanol–water partition coefficient (Wildman–Crippen LogP) is 2.77. The number of hydrogen-bond donors (Lipinski definition) is 1. The van der Waals surface area contributed by atoms with E-state index in [9.17, 15) is 0 Å². The molecule has 2 saturated carbocycles. The lowest BCUT2D eigenvalue weighted by molar-refractivity contribution is -0.0211. The maximum Gasteiger partial charge on any atom is 0.0336 e. The summed E-state index contributed by atoms with van der Waals surface area (Å²) in [7, 11) is 2.32. The lowest BCUT2D eigenvalue weighted by Gasteiger charge is -2.54. The highest BCUT2D eigenvalue weighted by atomic mass is 15.2. The van der Waals surface area contributed by atoms with E-state index in [1.165, 1.54) is 44.9 Å².